The van der Waals surface area contributed by atoms with Gasteiger partial charge in [-0.05, 0) is 30.5 Å². The van der Waals surface area contributed by atoms with Crippen LogP contribution in [0.25, 0.3) is 0 Å². The summed E-state index contributed by atoms with van der Waals surface area (Å²) in [5.74, 6) is -0.231. The quantitative estimate of drug-likeness (QED) is 0.862. The molecule has 2 rings (SSSR count). The smallest absolute Gasteiger partial charge is 0.251 e. The topological polar surface area (TPSA) is 69.6 Å². The fraction of sp³-hybridized carbons (Fsp3) is 0.467. The highest BCUT2D eigenvalue weighted by molar-refractivity contribution is 9.10. The van der Waals surface area contributed by atoms with Gasteiger partial charge < -0.3 is 15.3 Å². The number of carbonyl (C=O) groups excluding carboxylic acids is 2. The zero-order valence-electron chi connectivity index (χ0n) is 11.9. The van der Waals surface area contributed by atoms with Crippen LogP contribution in [0.1, 0.15) is 23.7 Å². The van der Waals surface area contributed by atoms with Gasteiger partial charge in [0.05, 0.1) is 12.6 Å². The van der Waals surface area contributed by atoms with Crippen molar-refractivity contribution in [2.45, 2.75) is 19.4 Å². The van der Waals surface area contributed by atoms with Gasteiger partial charge in [-0.2, -0.15) is 0 Å². The zero-order chi connectivity index (χ0) is 15.4. The molecule has 0 saturated carbocycles. The highest BCUT2D eigenvalue weighted by atomic mass is 79.9. The fourth-order valence-electron chi connectivity index (χ4n) is 2.27. The van der Waals surface area contributed by atoms with Crippen molar-refractivity contribution in [3.63, 3.8) is 0 Å². The minimum Gasteiger partial charge on any atom is -0.391 e. The molecule has 0 radical (unpaired) electrons. The van der Waals surface area contributed by atoms with Gasteiger partial charge in [0, 0.05) is 23.1 Å². The SMILES string of the molecule is CC1CCN(C(=O)CNC(=O)c2cccc(Br)c2)CC1O. The molecule has 1 aliphatic rings. The van der Waals surface area contributed by atoms with Crippen LogP contribution in [0.2, 0.25) is 0 Å². The number of nitrogens with zero attached hydrogens (tertiary/aromatic N) is 1. The molecule has 2 atom stereocenters. The minimum atomic E-state index is -0.483. The molecule has 1 fully saturated rings. The Balaban J connectivity index is 1.85. The molecule has 1 heterocycles. The molecular formula is C15H19BrN2O3. The minimum absolute atomic E-state index is 0.0492. The van der Waals surface area contributed by atoms with Crippen molar-refractivity contribution in [3.05, 3.63) is 34.3 Å². The molecular weight excluding hydrogens is 336 g/mol. The summed E-state index contributed by atoms with van der Waals surface area (Å²) in [6.45, 7) is 2.89. The van der Waals surface area contributed by atoms with Gasteiger partial charge in [0.15, 0.2) is 0 Å². The van der Waals surface area contributed by atoms with Crippen molar-refractivity contribution in [2.75, 3.05) is 19.6 Å². The summed E-state index contributed by atoms with van der Waals surface area (Å²) < 4.78 is 0.814. The first kappa shape index (κ1) is 16.0. The second kappa shape index (κ2) is 7.04. The third-order valence-electron chi connectivity index (χ3n) is 3.76. The summed E-state index contributed by atoms with van der Waals surface area (Å²) in [4.78, 5) is 25.6. The average molecular weight is 355 g/mol. The largest absolute Gasteiger partial charge is 0.391 e. The number of hydrogen-bond donors (Lipinski definition) is 2. The van der Waals surface area contributed by atoms with E-state index < -0.39 is 6.10 Å². The summed E-state index contributed by atoms with van der Waals surface area (Å²) in [7, 11) is 0. The summed E-state index contributed by atoms with van der Waals surface area (Å²) in [6.07, 6.45) is 0.301. The first-order valence-corrected chi connectivity index (χ1v) is 7.76. The lowest BCUT2D eigenvalue weighted by atomic mass is 9.96. The molecule has 21 heavy (non-hydrogen) atoms. The van der Waals surface area contributed by atoms with Gasteiger partial charge in [0.2, 0.25) is 5.91 Å². The van der Waals surface area contributed by atoms with Gasteiger partial charge in [-0.25, -0.2) is 0 Å². The molecule has 1 aliphatic heterocycles. The van der Waals surface area contributed by atoms with E-state index in [4.69, 9.17) is 0 Å². The number of rotatable bonds is 3. The van der Waals surface area contributed by atoms with E-state index in [1.807, 2.05) is 13.0 Å². The molecule has 2 N–H and O–H groups in total. The van der Waals surface area contributed by atoms with Crippen molar-refractivity contribution in [1.29, 1.82) is 0 Å². The predicted octanol–water partition coefficient (Wildman–Crippen LogP) is 1.41. The second-order valence-electron chi connectivity index (χ2n) is 5.37. The highest BCUT2D eigenvalue weighted by Gasteiger charge is 2.27. The maximum absolute atomic E-state index is 12.0. The van der Waals surface area contributed by atoms with Crippen LogP contribution in [0.5, 0.6) is 0 Å². The number of benzene rings is 1. The number of halogens is 1. The molecule has 114 valence electrons. The second-order valence-corrected chi connectivity index (χ2v) is 6.28. The third kappa shape index (κ3) is 4.28. The maximum atomic E-state index is 12.0. The van der Waals surface area contributed by atoms with Crippen LogP contribution >= 0.6 is 15.9 Å². The van der Waals surface area contributed by atoms with Crippen molar-refractivity contribution in [3.8, 4) is 0 Å². The lowest BCUT2D eigenvalue weighted by Crippen LogP contribution is -2.49. The van der Waals surface area contributed by atoms with E-state index in [1.165, 1.54) is 0 Å². The van der Waals surface area contributed by atoms with Crippen molar-refractivity contribution < 1.29 is 14.7 Å². The lowest BCUT2D eigenvalue weighted by Gasteiger charge is -2.34. The Morgan fingerprint density at radius 3 is 2.90 bits per heavy atom. The van der Waals surface area contributed by atoms with E-state index >= 15 is 0 Å². The average Bonchev–Trinajstić information content (AvgIpc) is 2.47. The van der Waals surface area contributed by atoms with Gasteiger partial charge >= 0.3 is 0 Å². The van der Waals surface area contributed by atoms with Gasteiger partial charge in [0.1, 0.15) is 0 Å². The van der Waals surface area contributed by atoms with Gasteiger partial charge in [-0.3, -0.25) is 9.59 Å². The Kier molecular flexibility index (Phi) is 5.36. The molecule has 0 aliphatic carbocycles. The monoisotopic (exact) mass is 354 g/mol. The Morgan fingerprint density at radius 2 is 2.24 bits per heavy atom. The molecule has 1 aromatic rings. The number of likely N-dealkylation sites (tertiary alicyclic amines) is 1. The van der Waals surface area contributed by atoms with Crippen LogP contribution in [0.15, 0.2) is 28.7 Å². The van der Waals surface area contributed by atoms with Crippen LogP contribution in [0, 0.1) is 5.92 Å². The van der Waals surface area contributed by atoms with Crippen LogP contribution in [0.4, 0.5) is 0 Å². The van der Waals surface area contributed by atoms with Crippen LogP contribution in [-0.4, -0.2) is 47.6 Å². The zero-order valence-corrected chi connectivity index (χ0v) is 13.5. The fourth-order valence-corrected chi connectivity index (χ4v) is 2.67. The molecule has 2 unspecified atom stereocenters. The van der Waals surface area contributed by atoms with Crippen molar-refractivity contribution >= 4 is 27.7 Å². The van der Waals surface area contributed by atoms with Gasteiger partial charge in [-0.15, -0.1) is 0 Å². The van der Waals surface area contributed by atoms with E-state index in [-0.39, 0.29) is 24.3 Å². The number of amides is 2. The van der Waals surface area contributed by atoms with Gasteiger partial charge in [-0.1, -0.05) is 28.9 Å². The first-order valence-electron chi connectivity index (χ1n) is 6.97. The molecule has 6 heteroatoms. The third-order valence-corrected chi connectivity index (χ3v) is 4.25. The normalized spacial score (nSPS) is 22.0. The number of β-amino-alcohol motifs (C(OH)–C–C–N with tert-alkyl or cyclic N) is 1. The maximum Gasteiger partial charge on any atom is 0.251 e. The summed E-state index contributed by atoms with van der Waals surface area (Å²) in [5.41, 5.74) is 0.504. The van der Waals surface area contributed by atoms with E-state index in [1.54, 1.807) is 23.1 Å². The summed E-state index contributed by atoms with van der Waals surface area (Å²) >= 11 is 3.30. The molecule has 0 aromatic heterocycles. The van der Waals surface area contributed by atoms with E-state index in [0.717, 1.165) is 10.9 Å². The van der Waals surface area contributed by atoms with E-state index in [9.17, 15) is 14.7 Å². The number of hydrogen-bond acceptors (Lipinski definition) is 3. The molecule has 5 nitrogen and oxygen atoms in total. The molecule has 1 aromatic carbocycles. The molecule has 2 amide bonds. The van der Waals surface area contributed by atoms with Crippen LogP contribution in [0.3, 0.4) is 0 Å². The number of aliphatic hydroxyl groups excluding tert-OH is 1. The molecule has 1 saturated heterocycles. The Labute approximate surface area is 132 Å². The number of piperidine rings is 1. The van der Waals surface area contributed by atoms with Crippen molar-refractivity contribution in [2.24, 2.45) is 5.92 Å². The van der Waals surface area contributed by atoms with Gasteiger partial charge in [0.25, 0.3) is 5.91 Å². The highest BCUT2D eigenvalue weighted by Crippen LogP contribution is 2.16. The number of aliphatic hydroxyl groups is 1. The molecule has 0 bridgehead atoms. The van der Waals surface area contributed by atoms with Crippen LogP contribution in [-0.2, 0) is 4.79 Å². The van der Waals surface area contributed by atoms with Crippen molar-refractivity contribution in [1.82, 2.24) is 10.2 Å². The summed E-state index contributed by atoms with van der Waals surface area (Å²) in [6, 6.07) is 6.99. The predicted molar refractivity (Wildman–Crippen MR) is 82.8 cm³/mol. The molecule has 0 spiro atoms. The Morgan fingerprint density at radius 1 is 1.48 bits per heavy atom. The van der Waals surface area contributed by atoms with E-state index in [0.29, 0.717) is 18.7 Å². The Bertz CT molecular complexity index is 535. The lowest BCUT2D eigenvalue weighted by molar-refractivity contribution is -0.134. The van der Waals surface area contributed by atoms with Crippen LogP contribution < -0.4 is 5.32 Å². The van der Waals surface area contributed by atoms with E-state index in [2.05, 4.69) is 21.2 Å². The summed E-state index contributed by atoms with van der Waals surface area (Å²) in [5, 5.41) is 12.4. The first-order chi connectivity index (χ1) is 9.97. The number of carbonyl (C=O) groups is 2. The standard InChI is InChI=1S/C15H19BrN2O3/c1-10-5-6-18(9-13(10)19)14(20)8-17-15(21)11-3-2-4-12(16)7-11/h2-4,7,10,13,19H,5-6,8-9H2,1H3,(H,17,21). The number of nitrogens with one attached hydrogen (secondary N) is 1. The Hall–Kier alpha value is -1.40.